The average Bonchev–Trinajstić information content (AvgIpc) is 3.04. The van der Waals surface area contributed by atoms with E-state index >= 15 is 0 Å². The van der Waals surface area contributed by atoms with Crippen molar-refractivity contribution in [3.8, 4) is 0 Å². The van der Waals surface area contributed by atoms with Crippen LogP contribution in [0.25, 0.3) is 21.8 Å². The number of benzene rings is 1. The molecule has 4 atom stereocenters. The summed E-state index contributed by atoms with van der Waals surface area (Å²) in [6, 6.07) is 10.4. The summed E-state index contributed by atoms with van der Waals surface area (Å²) < 4.78 is 11.8. The Hall–Kier alpha value is -1.99. The lowest BCUT2D eigenvalue weighted by atomic mass is 9.99. The fourth-order valence-electron chi connectivity index (χ4n) is 3.96. The molecule has 1 saturated heterocycles. The molecule has 6 heteroatoms. The number of nitrogens with zero attached hydrogens (tertiary/aromatic N) is 2. The summed E-state index contributed by atoms with van der Waals surface area (Å²) in [6.07, 6.45) is 2.16. The van der Waals surface area contributed by atoms with Crippen molar-refractivity contribution in [2.24, 2.45) is 0 Å². The van der Waals surface area contributed by atoms with Gasteiger partial charge in [-0.05, 0) is 33.2 Å². The van der Waals surface area contributed by atoms with E-state index in [1.54, 1.807) is 0 Å². The normalized spacial score (nSPS) is 26.3. The number of likely N-dealkylation sites (N-methyl/N-ethyl adjacent to an activating group) is 1. The van der Waals surface area contributed by atoms with Gasteiger partial charge in [0.15, 0.2) is 6.29 Å². The molecule has 1 fully saturated rings. The minimum Gasteiger partial charge on any atom is -0.389 e. The predicted molar refractivity (Wildman–Crippen MR) is 106 cm³/mol. The van der Waals surface area contributed by atoms with Gasteiger partial charge < -0.3 is 24.5 Å². The highest BCUT2D eigenvalue weighted by molar-refractivity contribution is 6.07. The number of aromatic amines is 1. The number of aliphatic hydroxyl groups is 1. The van der Waals surface area contributed by atoms with Crippen molar-refractivity contribution in [3.63, 3.8) is 0 Å². The Morgan fingerprint density at radius 1 is 1.26 bits per heavy atom. The lowest BCUT2D eigenvalue weighted by Gasteiger charge is -2.40. The summed E-state index contributed by atoms with van der Waals surface area (Å²) in [5.41, 5.74) is 3.19. The molecule has 3 heterocycles. The Kier molecular flexibility index (Phi) is 5.14. The molecule has 1 aromatic carbocycles. The van der Waals surface area contributed by atoms with Crippen molar-refractivity contribution in [2.75, 3.05) is 20.7 Å². The molecule has 144 valence electrons. The van der Waals surface area contributed by atoms with Crippen LogP contribution in [0.1, 0.15) is 19.0 Å². The van der Waals surface area contributed by atoms with Crippen molar-refractivity contribution in [2.45, 2.75) is 44.3 Å². The number of para-hydroxylation sites is 1. The maximum absolute atomic E-state index is 10.3. The molecule has 0 unspecified atom stereocenters. The number of nitrogens with one attached hydrogen (secondary N) is 1. The SMILES string of the molecule is C[C@H]1O[C@H](OCCc2nccc3c2[nH]c2ccccc23)C[C@@H](N(C)C)[C@@H]1O. The van der Waals surface area contributed by atoms with Crippen LogP contribution in [0.15, 0.2) is 36.5 Å². The van der Waals surface area contributed by atoms with Gasteiger partial charge in [0.05, 0.1) is 30.0 Å². The summed E-state index contributed by atoms with van der Waals surface area (Å²) in [5.74, 6) is 0. The van der Waals surface area contributed by atoms with E-state index in [1.807, 2.05) is 44.2 Å². The molecule has 1 aliphatic rings. The standard InChI is InChI=1S/C21H27N3O3/c1-13-21(25)18(24(2)3)12-19(27-13)26-11-9-17-20-15(8-10-22-17)14-6-4-5-7-16(14)23-20/h4-8,10,13,18-19,21,23,25H,9,11-12H2,1-3H3/t13-,18-,19+,21-/m1/s1. The maximum Gasteiger partial charge on any atom is 0.159 e. The summed E-state index contributed by atoms with van der Waals surface area (Å²) >= 11 is 0. The van der Waals surface area contributed by atoms with Gasteiger partial charge in [-0.15, -0.1) is 0 Å². The highest BCUT2D eigenvalue weighted by Gasteiger charge is 2.36. The predicted octanol–water partition coefficient (Wildman–Crippen LogP) is 2.70. The number of aromatic nitrogens is 2. The second kappa shape index (κ2) is 7.56. The zero-order chi connectivity index (χ0) is 19.0. The first-order chi connectivity index (χ1) is 13.0. The van der Waals surface area contributed by atoms with E-state index in [1.165, 1.54) is 10.8 Å². The van der Waals surface area contributed by atoms with Gasteiger partial charge in [0.25, 0.3) is 0 Å². The molecule has 4 rings (SSSR count). The number of hydrogen-bond donors (Lipinski definition) is 2. The second-order valence-electron chi connectivity index (χ2n) is 7.50. The van der Waals surface area contributed by atoms with Crippen molar-refractivity contribution < 1.29 is 14.6 Å². The lowest BCUT2D eigenvalue weighted by Crippen LogP contribution is -2.53. The Labute approximate surface area is 159 Å². The minimum absolute atomic E-state index is 0.0361. The Morgan fingerprint density at radius 3 is 2.89 bits per heavy atom. The first-order valence-electron chi connectivity index (χ1n) is 9.50. The Balaban J connectivity index is 1.45. The fourth-order valence-corrected chi connectivity index (χ4v) is 3.96. The third-order valence-corrected chi connectivity index (χ3v) is 5.49. The zero-order valence-corrected chi connectivity index (χ0v) is 16.1. The molecule has 0 amide bonds. The molecule has 0 radical (unpaired) electrons. The molecular formula is C21H27N3O3. The number of H-pyrrole nitrogens is 1. The van der Waals surface area contributed by atoms with Gasteiger partial charge in [-0.1, -0.05) is 18.2 Å². The monoisotopic (exact) mass is 369 g/mol. The molecule has 0 saturated carbocycles. The van der Waals surface area contributed by atoms with Crippen LogP contribution in [0.2, 0.25) is 0 Å². The topological polar surface area (TPSA) is 70.6 Å². The first-order valence-corrected chi connectivity index (χ1v) is 9.50. The van der Waals surface area contributed by atoms with Gasteiger partial charge in [-0.2, -0.15) is 0 Å². The zero-order valence-electron chi connectivity index (χ0n) is 16.1. The van der Waals surface area contributed by atoms with E-state index in [-0.39, 0.29) is 18.4 Å². The number of ether oxygens (including phenoxy) is 2. The molecule has 2 aromatic heterocycles. The fraction of sp³-hybridized carbons (Fsp3) is 0.476. The summed E-state index contributed by atoms with van der Waals surface area (Å²) in [7, 11) is 3.95. The van der Waals surface area contributed by atoms with E-state index in [4.69, 9.17) is 9.47 Å². The Morgan fingerprint density at radius 2 is 2.07 bits per heavy atom. The Bertz CT molecular complexity index is 923. The van der Waals surface area contributed by atoms with Crippen LogP contribution in [0.3, 0.4) is 0 Å². The summed E-state index contributed by atoms with van der Waals surface area (Å²) in [6.45, 7) is 2.42. The molecule has 3 aromatic rings. The van der Waals surface area contributed by atoms with Crippen molar-refractivity contribution >= 4 is 21.8 Å². The highest BCUT2D eigenvalue weighted by Crippen LogP contribution is 2.27. The first kappa shape index (κ1) is 18.4. The van der Waals surface area contributed by atoms with E-state index in [2.05, 4.69) is 28.2 Å². The van der Waals surface area contributed by atoms with Crippen molar-refractivity contribution in [1.82, 2.24) is 14.9 Å². The molecule has 0 bridgehead atoms. The van der Waals surface area contributed by atoms with Crippen LogP contribution in [0.5, 0.6) is 0 Å². The van der Waals surface area contributed by atoms with Gasteiger partial charge in [0.2, 0.25) is 0 Å². The summed E-state index contributed by atoms with van der Waals surface area (Å²) in [4.78, 5) is 10.1. The third-order valence-electron chi connectivity index (χ3n) is 5.49. The highest BCUT2D eigenvalue weighted by atomic mass is 16.7. The van der Waals surface area contributed by atoms with Crippen molar-refractivity contribution in [1.29, 1.82) is 0 Å². The summed E-state index contributed by atoms with van der Waals surface area (Å²) in [5, 5.41) is 12.7. The van der Waals surface area contributed by atoms with Crippen LogP contribution in [-0.4, -0.2) is 65.2 Å². The smallest absolute Gasteiger partial charge is 0.159 e. The third kappa shape index (κ3) is 3.58. The van der Waals surface area contributed by atoms with Crippen LogP contribution in [0.4, 0.5) is 0 Å². The van der Waals surface area contributed by atoms with Crippen LogP contribution in [0, 0.1) is 0 Å². The van der Waals surface area contributed by atoms with E-state index in [0.29, 0.717) is 19.4 Å². The minimum atomic E-state index is -0.499. The number of hydrogen-bond acceptors (Lipinski definition) is 5. The number of pyridine rings is 1. The molecule has 6 nitrogen and oxygen atoms in total. The molecular weight excluding hydrogens is 342 g/mol. The molecule has 0 aliphatic carbocycles. The lowest BCUT2D eigenvalue weighted by molar-refractivity contribution is -0.233. The van der Waals surface area contributed by atoms with E-state index in [9.17, 15) is 5.11 Å². The number of rotatable bonds is 5. The van der Waals surface area contributed by atoms with E-state index < -0.39 is 6.10 Å². The molecule has 0 spiro atoms. The van der Waals surface area contributed by atoms with Gasteiger partial charge in [-0.25, -0.2) is 0 Å². The van der Waals surface area contributed by atoms with E-state index in [0.717, 1.165) is 16.7 Å². The average molecular weight is 369 g/mol. The quantitative estimate of drug-likeness (QED) is 0.724. The van der Waals surface area contributed by atoms with Gasteiger partial charge in [0.1, 0.15) is 0 Å². The van der Waals surface area contributed by atoms with Gasteiger partial charge in [0, 0.05) is 41.4 Å². The van der Waals surface area contributed by atoms with Gasteiger partial charge >= 0.3 is 0 Å². The molecule has 1 aliphatic heterocycles. The maximum atomic E-state index is 10.3. The molecule has 2 N–H and O–H groups in total. The largest absolute Gasteiger partial charge is 0.389 e. The van der Waals surface area contributed by atoms with Crippen LogP contribution >= 0.6 is 0 Å². The molecule has 27 heavy (non-hydrogen) atoms. The van der Waals surface area contributed by atoms with Crippen LogP contribution < -0.4 is 0 Å². The second-order valence-corrected chi connectivity index (χ2v) is 7.50. The van der Waals surface area contributed by atoms with Crippen molar-refractivity contribution in [3.05, 3.63) is 42.2 Å². The number of fused-ring (bicyclic) bond motifs is 3. The van der Waals surface area contributed by atoms with Gasteiger partial charge in [-0.3, -0.25) is 4.98 Å². The number of aliphatic hydroxyl groups excluding tert-OH is 1. The van der Waals surface area contributed by atoms with Crippen LogP contribution in [-0.2, 0) is 15.9 Å².